The number of benzene rings is 2. The van der Waals surface area contributed by atoms with Gasteiger partial charge >= 0.3 is 0 Å². The summed E-state index contributed by atoms with van der Waals surface area (Å²) < 4.78 is 6.60. The highest BCUT2D eigenvalue weighted by Gasteiger charge is 2.12. The van der Waals surface area contributed by atoms with Gasteiger partial charge in [0, 0.05) is 14.8 Å². The third-order valence-corrected chi connectivity index (χ3v) is 4.42. The van der Waals surface area contributed by atoms with Gasteiger partial charge in [-0.2, -0.15) is 0 Å². The minimum absolute atomic E-state index is 0.00844. The van der Waals surface area contributed by atoms with Gasteiger partial charge in [0.1, 0.15) is 5.58 Å². The molecule has 0 atom stereocenters. The fraction of sp³-hybridized carbons (Fsp3) is 0.0625. The number of halogens is 1. The molecule has 0 radical (unpaired) electrons. The van der Waals surface area contributed by atoms with Crippen LogP contribution in [0.2, 0.25) is 0 Å². The maximum absolute atomic E-state index is 12.1. The Balaban J connectivity index is 1.71. The number of carbonyl (C=O) groups excluding carboxylic acids is 1. The lowest BCUT2D eigenvalue weighted by Gasteiger charge is -1.99. The van der Waals surface area contributed by atoms with E-state index in [1.165, 1.54) is 11.8 Å². The molecule has 1 heterocycles. The molecule has 0 saturated heterocycles. The predicted octanol–water partition coefficient (Wildman–Crippen LogP) is 5.17. The quantitative estimate of drug-likeness (QED) is 0.482. The van der Waals surface area contributed by atoms with Crippen LogP contribution in [0.1, 0.15) is 10.6 Å². The van der Waals surface area contributed by atoms with Gasteiger partial charge in [-0.1, -0.05) is 34.1 Å². The summed E-state index contributed by atoms with van der Waals surface area (Å²) in [5.74, 6) is 0.812. The van der Waals surface area contributed by atoms with Gasteiger partial charge in [-0.3, -0.25) is 4.79 Å². The average molecular weight is 347 g/mol. The number of hydrogen-bond acceptors (Lipinski definition) is 3. The zero-order chi connectivity index (χ0) is 13.9. The second kappa shape index (κ2) is 5.85. The number of Topliss-reactive ketones (excluding diaryl/α,β-unsaturated/α-hetero) is 1. The average Bonchev–Trinajstić information content (AvgIpc) is 2.90. The van der Waals surface area contributed by atoms with Gasteiger partial charge in [0.15, 0.2) is 5.76 Å². The van der Waals surface area contributed by atoms with Gasteiger partial charge in [-0.05, 0) is 36.4 Å². The third-order valence-electron chi connectivity index (χ3n) is 2.88. The van der Waals surface area contributed by atoms with Crippen molar-refractivity contribution in [3.8, 4) is 0 Å². The van der Waals surface area contributed by atoms with E-state index in [0.29, 0.717) is 11.5 Å². The molecule has 2 aromatic carbocycles. The van der Waals surface area contributed by atoms with E-state index in [2.05, 4.69) is 15.9 Å². The lowest BCUT2D eigenvalue weighted by Crippen LogP contribution is -2.00. The highest BCUT2D eigenvalue weighted by Crippen LogP contribution is 2.24. The minimum Gasteiger partial charge on any atom is -0.453 e. The summed E-state index contributed by atoms with van der Waals surface area (Å²) in [6.45, 7) is 0. The zero-order valence-corrected chi connectivity index (χ0v) is 12.9. The molecule has 2 nitrogen and oxygen atoms in total. The molecule has 0 saturated carbocycles. The Hall–Kier alpha value is -1.52. The first-order valence-electron chi connectivity index (χ1n) is 6.12. The van der Waals surface area contributed by atoms with Crippen molar-refractivity contribution in [3.05, 3.63) is 64.8 Å². The van der Waals surface area contributed by atoms with Crippen molar-refractivity contribution in [2.45, 2.75) is 4.90 Å². The van der Waals surface area contributed by atoms with Gasteiger partial charge in [0.05, 0.1) is 5.75 Å². The lowest BCUT2D eigenvalue weighted by atomic mass is 10.2. The van der Waals surface area contributed by atoms with Crippen LogP contribution in [0.4, 0.5) is 0 Å². The van der Waals surface area contributed by atoms with Gasteiger partial charge in [-0.25, -0.2) is 0 Å². The molecule has 20 heavy (non-hydrogen) atoms. The van der Waals surface area contributed by atoms with Gasteiger partial charge < -0.3 is 4.42 Å². The Bertz CT molecular complexity index is 714. The second-order valence-corrected chi connectivity index (χ2v) is 6.28. The van der Waals surface area contributed by atoms with E-state index in [9.17, 15) is 4.79 Å². The fourth-order valence-corrected chi connectivity index (χ4v) is 2.90. The van der Waals surface area contributed by atoms with Crippen molar-refractivity contribution in [2.24, 2.45) is 0 Å². The van der Waals surface area contributed by atoms with Crippen LogP contribution >= 0.6 is 27.7 Å². The van der Waals surface area contributed by atoms with Gasteiger partial charge in [-0.15, -0.1) is 11.8 Å². The van der Waals surface area contributed by atoms with Crippen molar-refractivity contribution in [1.82, 2.24) is 0 Å². The molecule has 4 heteroatoms. The van der Waals surface area contributed by atoms with Crippen LogP contribution in [-0.4, -0.2) is 11.5 Å². The molecule has 1 aromatic heterocycles. The van der Waals surface area contributed by atoms with E-state index in [4.69, 9.17) is 4.42 Å². The summed E-state index contributed by atoms with van der Waals surface area (Å²) in [4.78, 5) is 13.2. The van der Waals surface area contributed by atoms with E-state index >= 15 is 0 Å². The molecule has 0 aliphatic rings. The topological polar surface area (TPSA) is 30.2 Å². The van der Waals surface area contributed by atoms with Gasteiger partial charge in [0.2, 0.25) is 5.78 Å². The Morgan fingerprint density at radius 3 is 2.60 bits per heavy atom. The Morgan fingerprint density at radius 1 is 1.10 bits per heavy atom. The van der Waals surface area contributed by atoms with Crippen LogP contribution in [0.25, 0.3) is 11.0 Å². The fourth-order valence-electron chi connectivity index (χ4n) is 1.87. The van der Waals surface area contributed by atoms with Crippen molar-refractivity contribution in [1.29, 1.82) is 0 Å². The van der Waals surface area contributed by atoms with Crippen LogP contribution in [0.5, 0.6) is 0 Å². The molecule has 0 aliphatic heterocycles. The van der Waals surface area contributed by atoms with Crippen molar-refractivity contribution in [3.63, 3.8) is 0 Å². The molecular weight excluding hydrogens is 336 g/mol. The molecule has 0 aliphatic carbocycles. The first-order valence-corrected chi connectivity index (χ1v) is 7.90. The van der Waals surface area contributed by atoms with E-state index in [-0.39, 0.29) is 5.78 Å². The smallest absolute Gasteiger partial charge is 0.208 e. The normalized spacial score (nSPS) is 10.8. The maximum Gasteiger partial charge on any atom is 0.208 e. The summed E-state index contributed by atoms with van der Waals surface area (Å²) in [5.41, 5.74) is 0.754. The number of ketones is 1. The van der Waals surface area contributed by atoms with Crippen LogP contribution in [-0.2, 0) is 0 Å². The molecule has 0 bridgehead atoms. The Kier molecular flexibility index (Phi) is 3.94. The molecule has 3 aromatic rings. The van der Waals surface area contributed by atoms with E-state index in [0.717, 1.165) is 20.3 Å². The minimum atomic E-state index is 0.00844. The monoisotopic (exact) mass is 346 g/mol. The predicted molar refractivity (Wildman–Crippen MR) is 85.4 cm³/mol. The Labute approximate surface area is 129 Å². The molecule has 0 unspecified atom stereocenters. The van der Waals surface area contributed by atoms with Crippen LogP contribution in [0.15, 0.2) is 68.4 Å². The largest absolute Gasteiger partial charge is 0.453 e. The number of rotatable bonds is 4. The number of fused-ring (bicyclic) bond motifs is 1. The highest BCUT2D eigenvalue weighted by molar-refractivity contribution is 9.10. The van der Waals surface area contributed by atoms with Crippen molar-refractivity contribution < 1.29 is 9.21 Å². The number of furan rings is 1. The Morgan fingerprint density at radius 2 is 1.85 bits per heavy atom. The van der Waals surface area contributed by atoms with Crippen LogP contribution < -0.4 is 0 Å². The first-order chi connectivity index (χ1) is 9.72. The van der Waals surface area contributed by atoms with E-state index in [1.807, 2.05) is 48.5 Å². The second-order valence-electron chi connectivity index (χ2n) is 4.31. The number of thioether (sulfide) groups is 1. The SMILES string of the molecule is O=C(CSc1ccc(Br)cc1)c1cc2ccccc2o1. The molecule has 0 spiro atoms. The van der Waals surface area contributed by atoms with E-state index < -0.39 is 0 Å². The number of carbonyl (C=O) groups is 1. The first kappa shape index (κ1) is 13.5. The van der Waals surface area contributed by atoms with Crippen molar-refractivity contribution in [2.75, 3.05) is 5.75 Å². The molecular formula is C16H11BrO2S. The van der Waals surface area contributed by atoms with Crippen LogP contribution in [0.3, 0.4) is 0 Å². The number of para-hydroxylation sites is 1. The summed E-state index contributed by atoms with van der Waals surface area (Å²) in [7, 11) is 0. The molecule has 0 fully saturated rings. The van der Waals surface area contributed by atoms with E-state index in [1.54, 1.807) is 6.07 Å². The maximum atomic E-state index is 12.1. The molecule has 100 valence electrons. The third kappa shape index (κ3) is 2.97. The summed E-state index contributed by atoms with van der Waals surface area (Å²) in [5, 5.41) is 0.962. The zero-order valence-electron chi connectivity index (χ0n) is 10.5. The molecule has 3 rings (SSSR count). The summed E-state index contributed by atoms with van der Waals surface area (Å²) in [6, 6.07) is 17.4. The standard InChI is InChI=1S/C16H11BrO2S/c17-12-5-7-13(8-6-12)20-10-14(18)16-9-11-3-1-2-4-15(11)19-16/h1-9H,10H2. The molecule has 0 amide bonds. The summed E-state index contributed by atoms with van der Waals surface area (Å²) in [6.07, 6.45) is 0. The van der Waals surface area contributed by atoms with Gasteiger partial charge in [0.25, 0.3) is 0 Å². The number of hydrogen-bond donors (Lipinski definition) is 0. The molecule has 0 N–H and O–H groups in total. The highest BCUT2D eigenvalue weighted by atomic mass is 79.9. The summed E-state index contributed by atoms with van der Waals surface area (Å²) >= 11 is 4.90. The van der Waals surface area contributed by atoms with Crippen molar-refractivity contribution >= 4 is 44.4 Å². The lowest BCUT2D eigenvalue weighted by molar-refractivity contribution is 0.0994. The van der Waals surface area contributed by atoms with Crippen LogP contribution in [0, 0.1) is 0 Å².